The minimum atomic E-state index is -0.580. The molecule has 1 aliphatic rings. The lowest BCUT2D eigenvalue weighted by Crippen LogP contribution is -2.35. The summed E-state index contributed by atoms with van der Waals surface area (Å²) in [7, 11) is 0. The van der Waals surface area contributed by atoms with Crippen molar-refractivity contribution in [1.29, 1.82) is 0 Å². The van der Waals surface area contributed by atoms with E-state index in [0.717, 1.165) is 26.1 Å². The molecule has 0 aliphatic carbocycles. The van der Waals surface area contributed by atoms with Crippen molar-refractivity contribution in [1.82, 2.24) is 4.90 Å². The second-order valence-electron chi connectivity index (χ2n) is 5.42. The fourth-order valence-electron chi connectivity index (χ4n) is 2.73. The summed E-state index contributed by atoms with van der Waals surface area (Å²) in [6.07, 6.45) is 1.83. The zero-order chi connectivity index (χ0) is 15.1. The van der Waals surface area contributed by atoms with Gasteiger partial charge in [-0.2, -0.15) is 0 Å². The first kappa shape index (κ1) is 15.7. The number of ether oxygens (including phenoxy) is 1. The summed E-state index contributed by atoms with van der Waals surface area (Å²) >= 11 is 0. The van der Waals surface area contributed by atoms with Gasteiger partial charge in [-0.05, 0) is 38.4 Å². The van der Waals surface area contributed by atoms with Crippen LogP contribution in [0.15, 0.2) is 30.3 Å². The normalized spacial score (nSPS) is 20.6. The SMILES string of the molecule is CCOC(=O)C1CCN(Cc2ccccc2)CCCC1=O. The van der Waals surface area contributed by atoms with E-state index in [2.05, 4.69) is 17.0 Å². The Morgan fingerprint density at radius 3 is 2.76 bits per heavy atom. The van der Waals surface area contributed by atoms with E-state index in [1.807, 2.05) is 18.2 Å². The Bertz CT molecular complexity index is 464. The number of carbonyl (C=O) groups is 2. The zero-order valence-corrected chi connectivity index (χ0v) is 12.6. The number of nitrogens with zero attached hydrogens (tertiary/aromatic N) is 1. The van der Waals surface area contributed by atoms with Crippen LogP contribution in [0.5, 0.6) is 0 Å². The van der Waals surface area contributed by atoms with E-state index in [-0.39, 0.29) is 11.8 Å². The van der Waals surface area contributed by atoms with Crippen LogP contribution in [0.2, 0.25) is 0 Å². The van der Waals surface area contributed by atoms with Crippen LogP contribution in [0.25, 0.3) is 0 Å². The van der Waals surface area contributed by atoms with E-state index in [0.29, 0.717) is 19.4 Å². The molecule has 1 saturated heterocycles. The van der Waals surface area contributed by atoms with E-state index in [1.165, 1.54) is 5.56 Å². The van der Waals surface area contributed by atoms with E-state index in [9.17, 15) is 9.59 Å². The average Bonchev–Trinajstić information content (AvgIpc) is 2.46. The maximum atomic E-state index is 12.0. The molecule has 4 heteroatoms. The molecule has 1 fully saturated rings. The number of hydrogen-bond acceptors (Lipinski definition) is 4. The molecule has 1 aromatic rings. The van der Waals surface area contributed by atoms with Crippen molar-refractivity contribution in [2.45, 2.75) is 32.7 Å². The maximum Gasteiger partial charge on any atom is 0.316 e. The molecule has 1 aliphatic heterocycles. The molecule has 0 radical (unpaired) electrons. The Balaban J connectivity index is 1.95. The number of Topliss-reactive ketones (excluding diaryl/α,β-unsaturated/α-hetero) is 1. The highest BCUT2D eigenvalue weighted by Crippen LogP contribution is 2.17. The summed E-state index contributed by atoms with van der Waals surface area (Å²) in [4.78, 5) is 26.2. The molecule has 1 aromatic carbocycles. The number of ketones is 1. The number of esters is 1. The molecule has 4 nitrogen and oxygen atoms in total. The Morgan fingerprint density at radius 2 is 2.05 bits per heavy atom. The first-order valence-corrected chi connectivity index (χ1v) is 7.66. The van der Waals surface area contributed by atoms with Crippen LogP contribution in [0, 0.1) is 5.92 Å². The van der Waals surface area contributed by atoms with Gasteiger partial charge in [-0.1, -0.05) is 30.3 Å². The van der Waals surface area contributed by atoms with Crippen molar-refractivity contribution in [2.24, 2.45) is 5.92 Å². The summed E-state index contributed by atoms with van der Waals surface area (Å²) in [5.74, 6) is -0.902. The third kappa shape index (κ3) is 4.67. The van der Waals surface area contributed by atoms with Crippen molar-refractivity contribution in [3.63, 3.8) is 0 Å². The molecule has 1 unspecified atom stereocenters. The van der Waals surface area contributed by atoms with Crippen LogP contribution in [0.3, 0.4) is 0 Å². The van der Waals surface area contributed by atoms with Crippen LogP contribution in [0.4, 0.5) is 0 Å². The Labute approximate surface area is 126 Å². The minimum Gasteiger partial charge on any atom is -0.465 e. The van der Waals surface area contributed by atoms with Crippen LogP contribution in [-0.2, 0) is 20.9 Å². The smallest absolute Gasteiger partial charge is 0.316 e. The largest absolute Gasteiger partial charge is 0.465 e. The van der Waals surface area contributed by atoms with Crippen molar-refractivity contribution >= 4 is 11.8 Å². The van der Waals surface area contributed by atoms with Gasteiger partial charge >= 0.3 is 5.97 Å². The Hall–Kier alpha value is -1.68. The third-order valence-corrected chi connectivity index (χ3v) is 3.84. The van der Waals surface area contributed by atoms with E-state index < -0.39 is 5.92 Å². The predicted molar refractivity (Wildman–Crippen MR) is 80.7 cm³/mol. The van der Waals surface area contributed by atoms with Gasteiger partial charge in [0.15, 0.2) is 0 Å². The molecule has 114 valence electrons. The molecule has 0 amide bonds. The van der Waals surface area contributed by atoms with Gasteiger partial charge in [0.1, 0.15) is 11.7 Å². The lowest BCUT2D eigenvalue weighted by molar-refractivity contribution is -0.152. The van der Waals surface area contributed by atoms with Crippen LogP contribution in [0.1, 0.15) is 31.7 Å². The topological polar surface area (TPSA) is 46.6 Å². The molecule has 1 atom stereocenters. The van der Waals surface area contributed by atoms with Crippen LogP contribution in [-0.4, -0.2) is 36.3 Å². The molecule has 0 N–H and O–H groups in total. The highest BCUT2D eigenvalue weighted by Gasteiger charge is 2.29. The number of carbonyl (C=O) groups excluding carboxylic acids is 2. The summed E-state index contributed by atoms with van der Waals surface area (Å²) in [5.41, 5.74) is 1.26. The first-order valence-electron chi connectivity index (χ1n) is 7.66. The molecule has 0 bridgehead atoms. The van der Waals surface area contributed by atoms with Gasteiger partial charge in [0.2, 0.25) is 0 Å². The molecular weight excluding hydrogens is 266 g/mol. The fourth-order valence-corrected chi connectivity index (χ4v) is 2.73. The third-order valence-electron chi connectivity index (χ3n) is 3.84. The number of rotatable bonds is 4. The molecule has 21 heavy (non-hydrogen) atoms. The van der Waals surface area contributed by atoms with Crippen LogP contribution < -0.4 is 0 Å². The quantitative estimate of drug-likeness (QED) is 0.631. The van der Waals surface area contributed by atoms with Gasteiger partial charge in [0, 0.05) is 13.0 Å². The summed E-state index contributed by atoms with van der Waals surface area (Å²) < 4.78 is 5.02. The Morgan fingerprint density at radius 1 is 1.29 bits per heavy atom. The van der Waals surface area contributed by atoms with Gasteiger partial charge in [-0.25, -0.2) is 0 Å². The summed E-state index contributed by atoms with van der Waals surface area (Å²) in [5, 5.41) is 0. The average molecular weight is 289 g/mol. The highest BCUT2D eigenvalue weighted by atomic mass is 16.5. The fraction of sp³-hybridized carbons (Fsp3) is 0.529. The monoisotopic (exact) mass is 289 g/mol. The summed E-state index contributed by atoms with van der Waals surface area (Å²) in [6.45, 7) is 4.62. The van der Waals surface area contributed by atoms with Crippen molar-refractivity contribution in [2.75, 3.05) is 19.7 Å². The molecular formula is C17H23NO3. The predicted octanol–water partition coefficient (Wildman–Crippen LogP) is 2.42. The Kier molecular flexibility index (Phi) is 5.93. The van der Waals surface area contributed by atoms with Crippen molar-refractivity contribution in [3.05, 3.63) is 35.9 Å². The second kappa shape index (κ2) is 7.93. The number of benzene rings is 1. The van der Waals surface area contributed by atoms with Crippen molar-refractivity contribution < 1.29 is 14.3 Å². The van der Waals surface area contributed by atoms with Gasteiger partial charge < -0.3 is 4.74 Å². The van der Waals surface area contributed by atoms with E-state index in [1.54, 1.807) is 6.92 Å². The molecule has 2 rings (SSSR count). The van der Waals surface area contributed by atoms with Crippen LogP contribution >= 0.6 is 0 Å². The lowest BCUT2D eigenvalue weighted by atomic mass is 9.94. The summed E-state index contributed by atoms with van der Waals surface area (Å²) in [6, 6.07) is 10.3. The number of hydrogen-bond donors (Lipinski definition) is 0. The molecule has 0 saturated carbocycles. The van der Waals surface area contributed by atoms with Gasteiger partial charge in [-0.3, -0.25) is 14.5 Å². The highest BCUT2D eigenvalue weighted by molar-refractivity contribution is 5.99. The molecule has 0 aromatic heterocycles. The van der Waals surface area contributed by atoms with E-state index in [4.69, 9.17) is 4.74 Å². The molecule has 0 spiro atoms. The van der Waals surface area contributed by atoms with Gasteiger partial charge in [-0.15, -0.1) is 0 Å². The standard InChI is InChI=1S/C17H23NO3/c1-2-21-17(20)15-10-12-18(11-6-9-16(15)19)13-14-7-4-3-5-8-14/h3-5,7-8,15H,2,6,9-13H2,1H3. The van der Waals surface area contributed by atoms with Gasteiger partial charge in [0.05, 0.1) is 6.61 Å². The first-order chi connectivity index (χ1) is 10.2. The van der Waals surface area contributed by atoms with E-state index >= 15 is 0 Å². The second-order valence-corrected chi connectivity index (χ2v) is 5.42. The van der Waals surface area contributed by atoms with Gasteiger partial charge in [0.25, 0.3) is 0 Å². The minimum absolute atomic E-state index is 0.0350. The maximum absolute atomic E-state index is 12.0. The number of likely N-dealkylation sites (tertiary alicyclic amines) is 1. The molecule has 1 heterocycles. The van der Waals surface area contributed by atoms with Crippen molar-refractivity contribution in [3.8, 4) is 0 Å². The zero-order valence-electron chi connectivity index (χ0n) is 12.6. The lowest BCUT2D eigenvalue weighted by Gasteiger charge is -2.27.